The highest BCUT2D eigenvalue weighted by atomic mass is 15.3. The number of nitrogens with zero attached hydrogens (tertiary/aromatic N) is 5. The van der Waals surface area contributed by atoms with Crippen LogP contribution in [0.5, 0.6) is 0 Å². The van der Waals surface area contributed by atoms with Gasteiger partial charge in [-0.25, -0.2) is 0 Å². The molecule has 0 amide bonds. The Bertz CT molecular complexity index is 412. The summed E-state index contributed by atoms with van der Waals surface area (Å²) in [4.78, 5) is 16.9. The fourth-order valence-corrected chi connectivity index (χ4v) is 2.54. The summed E-state index contributed by atoms with van der Waals surface area (Å²) in [5.41, 5.74) is 5.76. The van der Waals surface area contributed by atoms with Gasteiger partial charge in [0.1, 0.15) is 0 Å². The Balaban J connectivity index is 2.06. The van der Waals surface area contributed by atoms with E-state index in [4.69, 9.17) is 5.73 Å². The van der Waals surface area contributed by atoms with Gasteiger partial charge in [0.25, 0.3) is 0 Å². The van der Waals surface area contributed by atoms with E-state index in [1.54, 1.807) is 0 Å². The van der Waals surface area contributed by atoms with Crippen LogP contribution >= 0.6 is 0 Å². The molecule has 0 aromatic carbocycles. The summed E-state index contributed by atoms with van der Waals surface area (Å²) in [5, 5.41) is 0. The molecule has 0 unspecified atom stereocenters. The molecule has 1 saturated heterocycles. The highest BCUT2D eigenvalue weighted by molar-refractivity contribution is 5.42. The van der Waals surface area contributed by atoms with E-state index in [9.17, 15) is 0 Å². The van der Waals surface area contributed by atoms with Crippen molar-refractivity contribution in [3.63, 3.8) is 0 Å². The highest BCUT2D eigenvalue weighted by Gasteiger charge is 2.21. The Labute approximate surface area is 115 Å². The fourth-order valence-electron chi connectivity index (χ4n) is 2.54. The number of nitrogen functional groups attached to an aromatic ring is 1. The van der Waals surface area contributed by atoms with Crippen molar-refractivity contribution in [3.8, 4) is 0 Å². The summed E-state index contributed by atoms with van der Waals surface area (Å²) in [7, 11) is 3.82. The SMILES string of the molecule is CCCC1CCN(c2nc(N)nc(N(C)C)n2)CC1. The minimum absolute atomic E-state index is 0.296. The van der Waals surface area contributed by atoms with Crippen LogP contribution in [0.3, 0.4) is 0 Å². The van der Waals surface area contributed by atoms with E-state index < -0.39 is 0 Å². The third-order valence-corrected chi connectivity index (χ3v) is 3.62. The lowest BCUT2D eigenvalue weighted by molar-refractivity contribution is 0.376. The number of hydrogen-bond donors (Lipinski definition) is 1. The molecule has 1 fully saturated rings. The van der Waals surface area contributed by atoms with Gasteiger partial charge in [-0.15, -0.1) is 0 Å². The molecule has 1 aromatic rings. The average Bonchev–Trinajstić information content (AvgIpc) is 2.39. The second-order valence-corrected chi connectivity index (χ2v) is 5.41. The fraction of sp³-hybridized carbons (Fsp3) is 0.769. The second kappa shape index (κ2) is 6.04. The van der Waals surface area contributed by atoms with Crippen LogP contribution in [0.15, 0.2) is 0 Å². The maximum Gasteiger partial charge on any atom is 0.231 e. The molecule has 6 nitrogen and oxygen atoms in total. The van der Waals surface area contributed by atoms with Gasteiger partial charge in [0, 0.05) is 27.2 Å². The first-order valence-electron chi connectivity index (χ1n) is 7.04. The van der Waals surface area contributed by atoms with E-state index >= 15 is 0 Å². The predicted molar refractivity (Wildman–Crippen MR) is 78.4 cm³/mol. The van der Waals surface area contributed by atoms with Crippen molar-refractivity contribution < 1.29 is 0 Å². The van der Waals surface area contributed by atoms with Crippen LogP contribution in [0.2, 0.25) is 0 Å². The molecule has 0 radical (unpaired) electrons. The van der Waals surface area contributed by atoms with Gasteiger partial charge >= 0.3 is 0 Å². The molecule has 2 rings (SSSR count). The van der Waals surface area contributed by atoms with E-state index in [0.29, 0.717) is 17.8 Å². The Morgan fingerprint density at radius 3 is 2.47 bits per heavy atom. The molecular weight excluding hydrogens is 240 g/mol. The van der Waals surface area contributed by atoms with E-state index in [0.717, 1.165) is 19.0 Å². The molecule has 0 bridgehead atoms. The van der Waals surface area contributed by atoms with Crippen molar-refractivity contribution in [1.29, 1.82) is 0 Å². The monoisotopic (exact) mass is 264 g/mol. The van der Waals surface area contributed by atoms with E-state index in [2.05, 4.69) is 26.8 Å². The molecule has 1 aliphatic heterocycles. The van der Waals surface area contributed by atoms with Crippen molar-refractivity contribution in [2.24, 2.45) is 5.92 Å². The summed E-state index contributed by atoms with van der Waals surface area (Å²) < 4.78 is 0. The van der Waals surface area contributed by atoms with Crippen molar-refractivity contribution >= 4 is 17.8 Å². The van der Waals surface area contributed by atoms with E-state index in [1.807, 2.05) is 19.0 Å². The van der Waals surface area contributed by atoms with Crippen molar-refractivity contribution in [2.75, 3.05) is 42.7 Å². The lowest BCUT2D eigenvalue weighted by Gasteiger charge is -2.32. The lowest BCUT2D eigenvalue weighted by atomic mass is 9.93. The standard InChI is InChI=1S/C13H24N6/c1-4-5-10-6-8-19(9-7-10)13-16-11(14)15-12(17-13)18(2)3/h10H,4-9H2,1-3H3,(H2,14,15,16,17). The van der Waals surface area contributed by atoms with Gasteiger partial charge in [0.2, 0.25) is 17.8 Å². The molecule has 0 atom stereocenters. The van der Waals surface area contributed by atoms with Crippen LogP contribution in [0.25, 0.3) is 0 Å². The lowest BCUT2D eigenvalue weighted by Crippen LogP contribution is -2.35. The second-order valence-electron chi connectivity index (χ2n) is 5.41. The van der Waals surface area contributed by atoms with Crippen molar-refractivity contribution in [1.82, 2.24) is 15.0 Å². The molecule has 1 aromatic heterocycles. The summed E-state index contributed by atoms with van der Waals surface area (Å²) in [6, 6.07) is 0. The molecule has 2 heterocycles. The van der Waals surface area contributed by atoms with Crippen LogP contribution in [0, 0.1) is 5.92 Å². The molecule has 106 valence electrons. The normalized spacial score (nSPS) is 16.7. The zero-order valence-corrected chi connectivity index (χ0v) is 12.1. The van der Waals surface area contributed by atoms with Gasteiger partial charge in [-0.1, -0.05) is 19.8 Å². The topological polar surface area (TPSA) is 71.2 Å². The molecule has 2 N–H and O–H groups in total. The zero-order chi connectivity index (χ0) is 13.8. The Morgan fingerprint density at radius 1 is 1.21 bits per heavy atom. The average molecular weight is 264 g/mol. The summed E-state index contributed by atoms with van der Waals surface area (Å²) in [5.74, 6) is 2.49. The predicted octanol–water partition coefficient (Wildman–Crippen LogP) is 1.54. The molecule has 0 saturated carbocycles. The van der Waals surface area contributed by atoms with Crippen molar-refractivity contribution in [3.05, 3.63) is 0 Å². The molecule has 1 aliphatic rings. The van der Waals surface area contributed by atoms with Crippen LogP contribution in [0.4, 0.5) is 17.8 Å². The Hall–Kier alpha value is -1.59. The number of hydrogen-bond acceptors (Lipinski definition) is 6. The third kappa shape index (κ3) is 3.45. The number of nitrogens with two attached hydrogens (primary N) is 1. The summed E-state index contributed by atoms with van der Waals surface area (Å²) in [6.45, 7) is 4.28. The number of anilines is 3. The molecule has 6 heteroatoms. The Morgan fingerprint density at radius 2 is 1.89 bits per heavy atom. The van der Waals surface area contributed by atoms with Crippen LogP contribution in [-0.2, 0) is 0 Å². The zero-order valence-electron chi connectivity index (χ0n) is 12.1. The smallest absolute Gasteiger partial charge is 0.231 e. The quantitative estimate of drug-likeness (QED) is 0.889. The largest absolute Gasteiger partial charge is 0.368 e. The van der Waals surface area contributed by atoms with Gasteiger partial charge in [0.05, 0.1) is 0 Å². The first-order valence-corrected chi connectivity index (χ1v) is 7.04. The van der Waals surface area contributed by atoms with E-state index in [1.165, 1.54) is 25.7 Å². The number of rotatable bonds is 4. The molecule has 0 spiro atoms. The van der Waals surface area contributed by atoms with Gasteiger partial charge in [0.15, 0.2) is 0 Å². The maximum atomic E-state index is 5.76. The first-order chi connectivity index (χ1) is 9.10. The van der Waals surface area contributed by atoms with E-state index in [-0.39, 0.29) is 0 Å². The molecular formula is C13H24N6. The van der Waals surface area contributed by atoms with Gasteiger partial charge in [-0.05, 0) is 18.8 Å². The minimum Gasteiger partial charge on any atom is -0.368 e. The van der Waals surface area contributed by atoms with Crippen LogP contribution < -0.4 is 15.5 Å². The molecule has 0 aliphatic carbocycles. The Kier molecular flexibility index (Phi) is 4.39. The van der Waals surface area contributed by atoms with Crippen LogP contribution in [0.1, 0.15) is 32.6 Å². The van der Waals surface area contributed by atoms with Gasteiger partial charge in [-0.3, -0.25) is 0 Å². The van der Waals surface area contributed by atoms with Gasteiger partial charge in [-0.2, -0.15) is 15.0 Å². The summed E-state index contributed by atoms with van der Waals surface area (Å²) in [6.07, 6.45) is 5.04. The molecule has 19 heavy (non-hydrogen) atoms. The first kappa shape index (κ1) is 13.8. The highest BCUT2D eigenvalue weighted by Crippen LogP contribution is 2.24. The number of aromatic nitrogens is 3. The number of piperidine rings is 1. The maximum absolute atomic E-state index is 5.76. The minimum atomic E-state index is 0.296. The third-order valence-electron chi connectivity index (χ3n) is 3.62. The van der Waals surface area contributed by atoms with Crippen LogP contribution in [-0.4, -0.2) is 42.1 Å². The van der Waals surface area contributed by atoms with Crippen molar-refractivity contribution in [2.45, 2.75) is 32.6 Å². The summed E-state index contributed by atoms with van der Waals surface area (Å²) >= 11 is 0. The van der Waals surface area contributed by atoms with Gasteiger partial charge < -0.3 is 15.5 Å².